The Morgan fingerprint density at radius 2 is 2.62 bits per heavy atom. The number of ketones is 1. The average molecular weight is 110 g/mol. The molecule has 2 heteroatoms. The van der Waals surface area contributed by atoms with Gasteiger partial charge in [-0.1, -0.05) is 0 Å². The molecule has 0 aromatic carbocycles. The van der Waals surface area contributed by atoms with Crippen molar-refractivity contribution in [2.75, 3.05) is 0 Å². The predicted octanol–water partition coefficient (Wildman–Crippen LogP) is 0.632. The Kier molecular flexibility index (Phi) is 0.583. The summed E-state index contributed by atoms with van der Waals surface area (Å²) >= 11 is 0. The molecule has 0 spiro atoms. The molecule has 0 saturated carbocycles. The molecule has 0 aromatic heterocycles. The van der Waals surface area contributed by atoms with Crippen molar-refractivity contribution in [1.82, 2.24) is 0 Å². The van der Waals surface area contributed by atoms with Crippen molar-refractivity contribution < 1.29 is 9.53 Å². The van der Waals surface area contributed by atoms with Gasteiger partial charge in [-0.2, -0.15) is 0 Å². The summed E-state index contributed by atoms with van der Waals surface area (Å²) < 4.78 is 5.10. The highest BCUT2D eigenvalue weighted by atomic mass is 16.5. The summed E-state index contributed by atoms with van der Waals surface area (Å²) in [5.74, 6) is 0.788. The lowest BCUT2D eigenvalue weighted by Gasteiger charge is -1.95. The first-order chi connectivity index (χ1) is 3.86. The molecule has 0 aromatic rings. The standard InChI is InChI=1S/C6H6O2/c7-5-3-4-1-2-6(5)8-4/h2,4H,1,3H2. The van der Waals surface area contributed by atoms with E-state index in [-0.39, 0.29) is 11.9 Å². The summed E-state index contributed by atoms with van der Waals surface area (Å²) in [5.41, 5.74) is 0. The van der Waals surface area contributed by atoms with E-state index in [9.17, 15) is 4.79 Å². The molecule has 0 aliphatic carbocycles. The molecule has 0 radical (unpaired) electrons. The number of Topliss-reactive ketones (excluding diaryl/α,β-unsaturated/α-hetero) is 1. The molecule has 8 heavy (non-hydrogen) atoms. The van der Waals surface area contributed by atoms with Crippen molar-refractivity contribution in [2.24, 2.45) is 0 Å². The van der Waals surface area contributed by atoms with Gasteiger partial charge in [-0.05, 0) is 6.08 Å². The zero-order valence-electron chi connectivity index (χ0n) is 4.39. The van der Waals surface area contributed by atoms with E-state index in [1.165, 1.54) is 0 Å². The zero-order valence-corrected chi connectivity index (χ0v) is 4.39. The fourth-order valence-electron chi connectivity index (χ4n) is 1.13. The van der Waals surface area contributed by atoms with E-state index in [0.29, 0.717) is 12.2 Å². The lowest BCUT2D eigenvalue weighted by molar-refractivity contribution is -0.115. The number of rotatable bonds is 0. The molecule has 1 saturated heterocycles. The van der Waals surface area contributed by atoms with Gasteiger partial charge in [-0.15, -0.1) is 0 Å². The third-order valence-electron chi connectivity index (χ3n) is 1.55. The minimum Gasteiger partial charge on any atom is -0.486 e. The Morgan fingerprint density at radius 3 is 2.88 bits per heavy atom. The van der Waals surface area contributed by atoms with Crippen LogP contribution in [0.4, 0.5) is 0 Å². The van der Waals surface area contributed by atoms with Crippen LogP contribution >= 0.6 is 0 Å². The van der Waals surface area contributed by atoms with E-state index in [0.717, 1.165) is 6.42 Å². The Labute approximate surface area is 47.1 Å². The Balaban J connectivity index is 2.40. The first-order valence-corrected chi connectivity index (χ1v) is 2.76. The van der Waals surface area contributed by atoms with Crippen molar-refractivity contribution >= 4 is 5.78 Å². The third kappa shape index (κ3) is 0.351. The highest BCUT2D eigenvalue weighted by Crippen LogP contribution is 2.29. The first kappa shape index (κ1) is 4.13. The summed E-state index contributed by atoms with van der Waals surface area (Å²) in [7, 11) is 0. The smallest absolute Gasteiger partial charge is 0.200 e. The summed E-state index contributed by atoms with van der Waals surface area (Å²) in [5, 5.41) is 0. The van der Waals surface area contributed by atoms with Gasteiger partial charge in [0.15, 0.2) is 5.76 Å². The van der Waals surface area contributed by atoms with Crippen LogP contribution in [0.1, 0.15) is 12.8 Å². The van der Waals surface area contributed by atoms with Gasteiger partial charge in [0.05, 0.1) is 6.42 Å². The van der Waals surface area contributed by atoms with Crippen molar-refractivity contribution in [3.63, 3.8) is 0 Å². The lowest BCUT2D eigenvalue weighted by atomic mass is 10.1. The molecular formula is C6H6O2. The van der Waals surface area contributed by atoms with Crippen LogP contribution in [-0.2, 0) is 9.53 Å². The van der Waals surface area contributed by atoms with Gasteiger partial charge in [0.25, 0.3) is 0 Å². The van der Waals surface area contributed by atoms with E-state index in [1.807, 2.05) is 6.08 Å². The molecule has 2 nitrogen and oxygen atoms in total. The molecule has 1 atom stereocenters. The minimum atomic E-state index is 0.182. The number of ether oxygens (including phenoxy) is 1. The van der Waals surface area contributed by atoms with E-state index in [2.05, 4.69) is 0 Å². The van der Waals surface area contributed by atoms with E-state index in [1.54, 1.807) is 0 Å². The summed E-state index contributed by atoms with van der Waals surface area (Å²) in [4.78, 5) is 10.6. The largest absolute Gasteiger partial charge is 0.486 e. The van der Waals surface area contributed by atoms with Gasteiger partial charge < -0.3 is 4.74 Å². The van der Waals surface area contributed by atoms with Gasteiger partial charge in [0.1, 0.15) is 6.10 Å². The number of allylic oxidation sites excluding steroid dienone is 1. The van der Waals surface area contributed by atoms with Crippen LogP contribution in [0.15, 0.2) is 11.8 Å². The van der Waals surface area contributed by atoms with Crippen molar-refractivity contribution in [1.29, 1.82) is 0 Å². The monoisotopic (exact) mass is 110 g/mol. The SMILES string of the molecule is O=C1CC2CC=C1O2. The molecule has 2 rings (SSSR count). The van der Waals surface area contributed by atoms with Gasteiger partial charge in [-0.25, -0.2) is 0 Å². The number of fused-ring (bicyclic) bond motifs is 2. The number of carbonyl (C=O) groups excluding carboxylic acids is 1. The van der Waals surface area contributed by atoms with E-state index in [4.69, 9.17) is 4.74 Å². The molecule has 2 aliphatic rings. The third-order valence-corrected chi connectivity index (χ3v) is 1.55. The normalized spacial score (nSPS) is 32.8. The second-order valence-corrected chi connectivity index (χ2v) is 2.17. The van der Waals surface area contributed by atoms with Crippen LogP contribution < -0.4 is 0 Å². The highest BCUT2D eigenvalue weighted by Gasteiger charge is 2.32. The maximum Gasteiger partial charge on any atom is 0.200 e. The fraction of sp³-hybridized carbons (Fsp3) is 0.500. The van der Waals surface area contributed by atoms with Crippen LogP contribution in [0.25, 0.3) is 0 Å². The topological polar surface area (TPSA) is 26.3 Å². The van der Waals surface area contributed by atoms with Gasteiger partial charge in [0.2, 0.25) is 5.78 Å². The highest BCUT2D eigenvalue weighted by molar-refractivity contribution is 5.96. The Hall–Kier alpha value is -0.790. The van der Waals surface area contributed by atoms with Crippen LogP contribution in [0, 0.1) is 0 Å². The Morgan fingerprint density at radius 1 is 1.75 bits per heavy atom. The van der Waals surface area contributed by atoms with Gasteiger partial charge in [-0.3, -0.25) is 4.79 Å². The predicted molar refractivity (Wildman–Crippen MR) is 27.2 cm³/mol. The molecule has 42 valence electrons. The molecular weight excluding hydrogens is 104 g/mol. The van der Waals surface area contributed by atoms with E-state index >= 15 is 0 Å². The summed E-state index contributed by atoms with van der Waals surface area (Å²) in [6.07, 6.45) is 3.64. The van der Waals surface area contributed by atoms with Gasteiger partial charge in [0, 0.05) is 6.42 Å². The van der Waals surface area contributed by atoms with E-state index < -0.39 is 0 Å². The molecule has 0 N–H and O–H groups in total. The Bertz CT molecular complexity index is 167. The zero-order chi connectivity index (χ0) is 5.56. The van der Waals surface area contributed by atoms with Crippen LogP contribution in [0.2, 0.25) is 0 Å². The second-order valence-electron chi connectivity index (χ2n) is 2.17. The van der Waals surface area contributed by atoms with Gasteiger partial charge >= 0.3 is 0 Å². The number of hydrogen-bond donors (Lipinski definition) is 0. The van der Waals surface area contributed by atoms with Crippen molar-refractivity contribution in [3.05, 3.63) is 11.8 Å². The molecule has 1 fully saturated rings. The maximum atomic E-state index is 10.6. The molecule has 1 unspecified atom stereocenters. The van der Waals surface area contributed by atoms with Crippen LogP contribution in [-0.4, -0.2) is 11.9 Å². The molecule has 0 amide bonds. The molecule has 2 bridgehead atoms. The maximum absolute atomic E-state index is 10.6. The first-order valence-electron chi connectivity index (χ1n) is 2.76. The number of carbonyl (C=O) groups is 1. The average Bonchev–Trinajstić information content (AvgIpc) is 2.23. The summed E-state index contributed by atoms with van der Waals surface area (Å²) in [6.45, 7) is 0. The molecule has 2 aliphatic heterocycles. The quantitative estimate of drug-likeness (QED) is 0.457. The minimum absolute atomic E-state index is 0.182. The fourth-order valence-corrected chi connectivity index (χ4v) is 1.13. The number of hydrogen-bond acceptors (Lipinski definition) is 2. The van der Waals surface area contributed by atoms with Crippen molar-refractivity contribution in [3.8, 4) is 0 Å². The second kappa shape index (κ2) is 1.13. The summed E-state index contributed by atoms with van der Waals surface area (Å²) in [6, 6.07) is 0. The lowest BCUT2D eigenvalue weighted by Crippen LogP contribution is -2.02. The van der Waals surface area contributed by atoms with Crippen LogP contribution in [0.5, 0.6) is 0 Å². The molecule has 2 heterocycles. The van der Waals surface area contributed by atoms with Crippen molar-refractivity contribution in [2.45, 2.75) is 18.9 Å². The van der Waals surface area contributed by atoms with Crippen LogP contribution in [0.3, 0.4) is 0 Å².